The van der Waals surface area contributed by atoms with Crippen molar-refractivity contribution in [3.05, 3.63) is 35.9 Å². The van der Waals surface area contributed by atoms with E-state index in [2.05, 4.69) is 24.0 Å². The summed E-state index contributed by atoms with van der Waals surface area (Å²) in [5.74, 6) is 0.332. The van der Waals surface area contributed by atoms with Crippen LogP contribution in [0.3, 0.4) is 0 Å². The van der Waals surface area contributed by atoms with E-state index in [0.29, 0.717) is 18.4 Å². The van der Waals surface area contributed by atoms with Crippen molar-refractivity contribution in [2.45, 2.75) is 45.1 Å². The molecule has 0 bridgehead atoms. The molecule has 0 N–H and O–H groups in total. The van der Waals surface area contributed by atoms with E-state index in [9.17, 15) is 4.79 Å². The topological polar surface area (TPSA) is 20.3 Å². The molecular formula is C15H21NO. The molecule has 2 nitrogen and oxygen atoms in total. The molecule has 1 fully saturated rings. The smallest absolute Gasteiger partial charge is 0.223 e. The van der Waals surface area contributed by atoms with E-state index in [1.165, 1.54) is 18.4 Å². The van der Waals surface area contributed by atoms with Crippen LogP contribution in [0.15, 0.2) is 30.3 Å². The van der Waals surface area contributed by atoms with Crippen LogP contribution in [0.4, 0.5) is 0 Å². The molecule has 17 heavy (non-hydrogen) atoms. The zero-order valence-electron chi connectivity index (χ0n) is 10.6. The normalized spacial score (nSPS) is 19.6. The lowest BCUT2D eigenvalue weighted by Crippen LogP contribution is -2.35. The van der Waals surface area contributed by atoms with Crippen LogP contribution in [0.25, 0.3) is 0 Å². The molecule has 1 amide bonds. The minimum atomic E-state index is 0.332. The summed E-state index contributed by atoms with van der Waals surface area (Å²) in [6, 6.07) is 10.8. The maximum absolute atomic E-state index is 12.1. The quantitative estimate of drug-likeness (QED) is 0.780. The molecule has 1 aliphatic rings. The van der Waals surface area contributed by atoms with Gasteiger partial charge in [-0.15, -0.1) is 0 Å². The summed E-state index contributed by atoms with van der Waals surface area (Å²) in [5.41, 5.74) is 1.26. The molecule has 0 aliphatic carbocycles. The number of likely N-dealkylation sites (tertiary alicyclic amines) is 1. The number of benzene rings is 1. The lowest BCUT2D eigenvalue weighted by atomic mass is 10.1. The SMILES string of the molecule is CCC1CCCN1C(=O)CCc1ccccc1. The summed E-state index contributed by atoms with van der Waals surface area (Å²) < 4.78 is 0. The van der Waals surface area contributed by atoms with Gasteiger partial charge < -0.3 is 4.90 Å². The highest BCUT2D eigenvalue weighted by molar-refractivity contribution is 5.77. The summed E-state index contributed by atoms with van der Waals surface area (Å²) in [5, 5.41) is 0. The first-order valence-corrected chi connectivity index (χ1v) is 6.64. The average molecular weight is 231 g/mol. The summed E-state index contributed by atoms with van der Waals surface area (Å²) >= 11 is 0. The van der Waals surface area contributed by atoms with Gasteiger partial charge in [-0.05, 0) is 31.2 Å². The van der Waals surface area contributed by atoms with Gasteiger partial charge in [-0.2, -0.15) is 0 Å². The first-order valence-electron chi connectivity index (χ1n) is 6.64. The lowest BCUT2D eigenvalue weighted by Gasteiger charge is -2.23. The fraction of sp³-hybridized carbons (Fsp3) is 0.533. The second kappa shape index (κ2) is 5.85. The molecule has 0 saturated carbocycles. The summed E-state index contributed by atoms with van der Waals surface area (Å²) in [6.07, 6.45) is 4.98. The molecule has 1 unspecified atom stereocenters. The third-order valence-corrected chi connectivity index (χ3v) is 3.64. The standard InChI is InChI=1S/C15H21NO/c1-2-14-9-6-12-16(14)15(17)11-10-13-7-4-3-5-8-13/h3-5,7-8,14H,2,6,9-12H2,1H3. The Labute approximate surface area is 104 Å². The van der Waals surface area contributed by atoms with Gasteiger partial charge in [0.15, 0.2) is 0 Å². The van der Waals surface area contributed by atoms with Crippen molar-refractivity contribution in [2.75, 3.05) is 6.54 Å². The maximum Gasteiger partial charge on any atom is 0.223 e. The minimum Gasteiger partial charge on any atom is -0.340 e. The number of carbonyl (C=O) groups excluding carboxylic acids is 1. The summed E-state index contributed by atoms with van der Waals surface area (Å²) in [7, 11) is 0. The van der Waals surface area contributed by atoms with E-state index in [0.717, 1.165) is 19.4 Å². The minimum absolute atomic E-state index is 0.332. The highest BCUT2D eigenvalue weighted by Gasteiger charge is 2.26. The third-order valence-electron chi connectivity index (χ3n) is 3.64. The Morgan fingerprint density at radius 1 is 1.35 bits per heavy atom. The number of carbonyl (C=O) groups is 1. The Kier molecular flexibility index (Phi) is 4.18. The van der Waals surface area contributed by atoms with Gasteiger partial charge in [0.25, 0.3) is 0 Å². The van der Waals surface area contributed by atoms with Gasteiger partial charge in [0.05, 0.1) is 0 Å². The summed E-state index contributed by atoms with van der Waals surface area (Å²) in [4.78, 5) is 14.2. The molecule has 2 rings (SSSR count). The Morgan fingerprint density at radius 2 is 2.12 bits per heavy atom. The van der Waals surface area contributed by atoms with Gasteiger partial charge in [-0.3, -0.25) is 4.79 Å². The van der Waals surface area contributed by atoms with Crippen LogP contribution in [0.5, 0.6) is 0 Å². The van der Waals surface area contributed by atoms with Gasteiger partial charge in [0, 0.05) is 19.0 Å². The van der Waals surface area contributed by atoms with Crippen LogP contribution in [0, 0.1) is 0 Å². The largest absolute Gasteiger partial charge is 0.340 e. The molecule has 1 aromatic rings. The van der Waals surface area contributed by atoms with E-state index >= 15 is 0 Å². The van der Waals surface area contributed by atoms with Crippen molar-refractivity contribution in [1.82, 2.24) is 4.90 Å². The number of hydrogen-bond donors (Lipinski definition) is 0. The molecule has 0 aromatic heterocycles. The van der Waals surface area contributed by atoms with Crippen LogP contribution in [-0.4, -0.2) is 23.4 Å². The molecule has 2 heteroatoms. The monoisotopic (exact) mass is 231 g/mol. The number of aryl methyl sites for hydroxylation is 1. The van der Waals surface area contributed by atoms with E-state index < -0.39 is 0 Å². The molecule has 92 valence electrons. The van der Waals surface area contributed by atoms with E-state index in [1.807, 2.05) is 18.2 Å². The first-order chi connectivity index (χ1) is 8.31. The van der Waals surface area contributed by atoms with Gasteiger partial charge in [-0.25, -0.2) is 0 Å². The van der Waals surface area contributed by atoms with E-state index in [1.54, 1.807) is 0 Å². The first kappa shape index (κ1) is 12.2. The zero-order valence-corrected chi connectivity index (χ0v) is 10.6. The Bertz CT molecular complexity index is 360. The predicted octanol–water partition coefficient (Wildman–Crippen LogP) is 3.02. The van der Waals surface area contributed by atoms with Crippen LogP contribution in [0.1, 0.15) is 38.2 Å². The highest BCUT2D eigenvalue weighted by Crippen LogP contribution is 2.21. The predicted molar refractivity (Wildman–Crippen MR) is 69.8 cm³/mol. The second-order valence-corrected chi connectivity index (χ2v) is 4.78. The molecule has 1 heterocycles. The highest BCUT2D eigenvalue weighted by atomic mass is 16.2. The zero-order chi connectivity index (χ0) is 12.1. The molecule has 1 atom stereocenters. The van der Waals surface area contributed by atoms with Crippen LogP contribution < -0.4 is 0 Å². The van der Waals surface area contributed by atoms with Gasteiger partial charge in [0.2, 0.25) is 5.91 Å². The fourth-order valence-electron chi connectivity index (χ4n) is 2.63. The van der Waals surface area contributed by atoms with Gasteiger partial charge >= 0.3 is 0 Å². The van der Waals surface area contributed by atoms with Crippen LogP contribution in [-0.2, 0) is 11.2 Å². The van der Waals surface area contributed by atoms with Crippen LogP contribution >= 0.6 is 0 Å². The van der Waals surface area contributed by atoms with Crippen molar-refractivity contribution in [3.8, 4) is 0 Å². The molecule has 1 saturated heterocycles. The third kappa shape index (κ3) is 3.09. The molecule has 0 spiro atoms. The maximum atomic E-state index is 12.1. The molecular weight excluding hydrogens is 210 g/mol. The lowest BCUT2D eigenvalue weighted by molar-refractivity contribution is -0.132. The van der Waals surface area contributed by atoms with Crippen molar-refractivity contribution in [2.24, 2.45) is 0 Å². The average Bonchev–Trinajstić information content (AvgIpc) is 2.85. The Hall–Kier alpha value is -1.31. The number of amides is 1. The summed E-state index contributed by atoms with van der Waals surface area (Å²) in [6.45, 7) is 3.14. The van der Waals surface area contributed by atoms with E-state index in [-0.39, 0.29) is 0 Å². The van der Waals surface area contributed by atoms with Crippen molar-refractivity contribution < 1.29 is 4.79 Å². The van der Waals surface area contributed by atoms with Gasteiger partial charge in [0.1, 0.15) is 0 Å². The Balaban J connectivity index is 1.85. The number of nitrogens with zero attached hydrogens (tertiary/aromatic N) is 1. The molecule has 0 radical (unpaired) electrons. The molecule has 1 aliphatic heterocycles. The fourth-order valence-corrected chi connectivity index (χ4v) is 2.63. The Morgan fingerprint density at radius 3 is 2.82 bits per heavy atom. The number of hydrogen-bond acceptors (Lipinski definition) is 1. The van der Waals surface area contributed by atoms with Gasteiger partial charge in [-0.1, -0.05) is 37.3 Å². The van der Waals surface area contributed by atoms with Crippen molar-refractivity contribution in [1.29, 1.82) is 0 Å². The van der Waals surface area contributed by atoms with E-state index in [4.69, 9.17) is 0 Å². The number of rotatable bonds is 4. The molecule has 1 aromatic carbocycles. The second-order valence-electron chi connectivity index (χ2n) is 4.78. The van der Waals surface area contributed by atoms with Crippen LogP contribution in [0.2, 0.25) is 0 Å². The van der Waals surface area contributed by atoms with Crippen molar-refractivity contribution >= 4 is 5.91 Å². The van der Waals surface area contributed by atoms with Crippen molar-refractivity contribution in [3.63, 3.8) is 0 Å².